The number of rotatable bonds is 13. The molecule has 0 saturated heterocycles. The van der Waals surface area contributed by atoms with Crippen molar-refractivity contribution < 1.29 is 36.5 Å². The molecule has 0 spiro atoms. The van der Waals surface area contributed by atoms with Crippen LogP contribution >= 0.6 is 7.37 Å². The van der Waals surface area contributed by atoms with Gasteiger partial charge >= 0.3 is 0 Å². The fourth-order valence-electron chi connectivity index (χ4n) is 3.49. The van der Waals surface area contributed by atoms with Gasteiger partial charge in [0, 0.05) is 43.9 Å². The molecule has 0 aliphatic rings. The van der Waals surface area contributed by atoms with Gasteiger partial charge in [-0.15, -0.1) is 0 Å². The zero-order valence-electron chi connectivity index (χ0n) is 21.9. The molecule has 0 radical (unpaired) electrons. The van der Waals surface area contributed by atoms with E-state index in [0.29, 0.717) is 30.5 Å². The molecule has 0 aliphatic carbocycles. The molecule has 206 valence electrons. The predicted octanol–water partition coefficient (Wildman–Crippen LogP) is 4.65. The maximum absolute atomic E-state index is 13.1. The monoisotopic (exact) mass is 565 g/mol. The molecule has 1 amide bonds. The number of sulfone groups is 1. The molecule has 3 rings (SSSR count). The number of benzene rings is 2. The van der Waals surface area contributed by atoms with Crippen molar-refractivity contribution in [2.24, 2.45) is 0 Å². The van der Waals surface area contributed by atoms with E-state index in [1.165, 1.54) is 41.7 Å². The fraction of sp³-hybridized carbons (Fsp3) is 0.360. The van der Waals surface area contributed by atoms with Crippen molar-refractivity contribution in [1.82, 2.24) is 9.78 Å². The van der Waals surface area contributed by atoms with Crippen molar-refractivity contribution >= 4 is 28.9 Å². The molecule has 2 atom stereocenters. The van der Waals surface area contributed by atoms with Crippen LogP contribution in [0.3, 0.4) is 0 Å². The number of methoxy groups -OCH3 is 1. The molecule has 0 aliphatic heterocycles. The molecule has 1 N–H and O–H groups in total. The fourth-order valence-corrected chi connectivity index (χ4v) is 5.44. The van der Waals surface area contributed by atoms with Gasteiger partial charge in [-0.25, -0.2) is 8.42 Å². The van der Waals surface area contributed by atoms with Crippen LogP contribution in [0, 0.1) is 0 Å². The summed E-state index contributed by atoms with van der Waals surface area (Å²) in [7, 11) is -4.65. The molecule has 2 aromatic carbocycles. The second-order valence-electron chi connectivity index (χ2n) is 8.69. The first-order valence-corrected chi connectivity index (χ1v) is 15.9. The average molecular weight is 566 g/mol. The van der Waals surface area contributed by atoms with E-state index in [9.17, 15) is 17.8 Å². The van der Waals surface area contributed by atoms with Crippen molar-refractivity contribution in [1.29, 1.82) is 0 Å². The second-order valence-corrected chi connectivity index (χ2v) is 13.3. The van der Waals surface area contributed by atoms with Gasteiger partial charge < -0.3 is 24.1 Å². The van der Waals surface area contributed by atoms with Gasteiger partial charge in [0.05, 0.1) is 18.1 Å². The molecule has 11 nitrogen and oxygen atoms in total. The number of aromatic nitrogens is 2. The van der Waals surface area contributed by atoms with Gasteiger partial charge in [0.2, 0.25) is 7.37 Å². The third kappa shape index (κ3) is 8.70. The van der Waals surface area contributed by atoms with Crippen LogP contribution in [-0.2, 0) is 29.9 Å². The highest BCUT2D eigenvalue weighted by atomic mass is 32.2. The number of carbonyl (C=O) groups excluding carboxylic acids is 1. The third-order valence-electron chi connectivity index (χ3n) is 5.05. The Morgan fingerprint density at radius 1 is 1.11 bits per heavy atom. The van der Waals surface area contributed by atoms with E-state index in [1.54, 1.807) is 38.4 Å². The SMILES string of the molecule is CCOP(C)(=O)Cn1ccc(NC(=O)c2cc(Oc3ccc(S(C)(=O)=O)cc3)cc(O[C@@H](C)COC)c2)n1. The molecule has 1 heterocycles. The number of ether oxygens (including phenoxy) is 3. The Morgan fingerprint density at radius 2 is 1.79 bits per heavy atom. The maximum atomic E-state index is 13.1. The van der Waals surface area contributed by atoms with Crippen molar-refractivity contribution in [2.45, 2.75) is 31.1 Å². The highest BCUT2D eigenvalue weighted by molar-refractivity contribution is 7.90. The van der Waals surface area contributed by atoms with Gasteiger partial charge in [0.15, 0.2) is 15.7 Å². The number of carbonyl (C=O) groups is 1. The normalized spacial score (nSPS) is 13.9. The lowest BCUT2D eigenvalue weighted by atomic mass is 10.2. The van der Waals surface area contributed by atoms with Crippen molar-refractivity contribution in [3.05, 3.63) is 60.3 Å². The van der Waals surface area contributed by atoms with Gasteiger partial charge in [0.25, 0.3) is 5.91 Å². The number of amides is 1. The van der Waals surface area contributed by atoms with Crippen LogP contribution in [-0.4, -0.2) is 63.5 Å². The summed E-state index contributed by atoms with van der Waals surface area (Å²) in [5, 5.41) is 6.97. The lowest BCUT2D eigenvalue weighted by molar-refractivity contribution is 0.0915. The smallest absolute Gasteiger partial charge is 0.257 e. The topological polar surface area (TPSA) is 135 Å². The first-order valence-electron chi connectivity index (χ1n) is 11.7. The minimum Gasteiger partial charge on any atom is -0.488 e. The molecule has 0 saturated carbocycles. The Kier molecular flexibility index (Phi) is 9.72. The molecule has 0 fully saturated rings. The summed E-state index contributed by atoms with van der Waals surface area (Å²) in [5.41, 5.74) is 0.236. The summed E-state index contributed by atoms with van der Waals surface area (Å²) in [4.78, 5) is 13.3. The van der Waals surface area contributed by atoms with E-state index in [2.05, 4.69) is 10.4 Å². The number of anilines is 1. The van der Waals surface area contributed by atoms with Crippen LogP contribution in [0.4, 0.5) is 5.82 Å². The molecular weight excluding hydrogens is 533 g/mol. The Balaban J connectivity index is 1.83. The molecule has 1 unspecified atom stereocenters. The number of hydrogen-bond donors (Lipinski definition) is 1. The van der Waals surface area contributed by atoms with Gasteiger partial charge in [-0.1, -0.05) is 0 Å². The summed E-state index contributed by atoms with van der Waals surface area (Å²) in [5.74, 6) is 0.854. The van der Waals surface area contributed by atoms with Crippen LogP contribution in [0.25, 0.3) is 0 Å². The highest BCUT2D eigenvalue weighted by Gasteiger charge is 2.18. The zero-order valence-corrected chi connectivity index (χ0v) is 23.6. The van der Waals surface area contributed by atoms with E-state index >= 15 is 0 Å². The summed E-state index contributed by atoms with van der Waals surface area (Å²) in [6.07, 6.45) is 2.50. The van der Waals surface area contributed by atoms with E-state index in [0.717, 1.165) is 6.26 Å². The van der Waals surface area contributed by atoms with Gasteiger partial charge in [-0.3, -0.25) is 14.0 Å². The number of hydrogen-bond acceptors (Lipinski definition) is 9. The predicted molar refractivity (Wildman–Crippen MR) is 143 cm³/mol. The Labute approximate surface area is 222 Å². The van der Waals surface area contributed by atoms with E-state index in [-0.39, 0.29) is 28.7 Å². The first kappa shape index (κ1) is 29.4. The summed E-state index contributed by atoms with van der Waals surface area (Å²) in [6.45, 7) is 5.78. The summed E-state index contributed by atoms with van der Waals surface area (Å²) < 4.78 is 59.5. The molecule has 13 heteroatoms. The van der Waals surface area contributed by atoms with Crippen LogP contribution in [0.5, 0.6) is 17.2 Å². The largest absolute Gasteiger partial charge is 0.488 e. The quantitative estimate of drug-likeness (QED) is 0.294. The highest BCUT2D eigenvalue weighted by Crippen LogP contribution is 2.43. The molecule has 0 bridgehead atoms. The Hall–Kier alpha value is -3.18. The molecule has 3 aromatic rings. The van der Waals surface area contributed by atoms with Crippen molar-refractivity contribution in [3.63, 3.8) is 0 Å². The lowest BCUT2D eigenvalue weighted by Crippen LogP contribution is -2.18. The van der Waals surface area contributed by atoms with E-state index in [4.69, 9.17) is 18.7 Å². The van der Waals surface area contributed by atoms with Crippen molar-refractivity contribution in [3.8, 4) is 17.2 Å². The zero-order chi connectivity index (χ0) is 27.9. The van der Waals surface area contributed by atoms with E-state index in [1.807, 2.05) is 6.92 Å². The molecule has 38 heavy (non-hydrogen) atoms. The second kappa shape index (κ2) is 12.6. The molecular formula is C25H32N3O8PS. The minimum absolute atomic E-state index is 0.0769. The van der Waals surface area contributed by atoms with Gasteiger partial charge in [-0.2, -0.15) is 5.10 Å². The maximum Gasteiger partial charge on any atom is 0.257 e. The number of nitrogens with zero attached hydrogens (tertiary/aromatic N) is 2. The molecule has 1 aromatic heterocycles. The standard InChI is InChI=1S/C25H32N3O8PS/c1-6-34-37(4,30)17-28-12-11-24(27-28)26-25(29)19-13-21(35-18(2)16-33-3)15-22(14-19)36-20-7-9-23(10-8-20)38(5,31)32/h7-15,18H,6,16-17H2,1-5H3,(H,26,27,29)/t18-,37?/m0/s1. The number of nitrogens with one attached hydrogen (secondary N) is 1. The van der Waals surface area contributed by atoms with Crippen molar-refractivity contribution in [2.75, 3.05) is 38.6 Å². The van der Waals surface area contributed by atoms with Crippen LogP contribution in [0.1, 0.15) is 24.2 Å². The van der Waals surface area contributed by atoms with Crippen LogP contribution in [0.2, 0.25) is 0 Å². The summed E-state index contributed by atoms with van der Waals surface area (Å²) >= 11 is 0. The average Bonchev–Trinajstić information content (AvgIpc) is 3.24. The van der Waals surface area contributed by atoms with Crippen LogP contribution in [0.15, 0.2) is 59.6 Å². The minimum atomic E-state index is -3.35. The third-order valence-corrected chi connectivity index (χ3v) is 7.79. The first-order chi connectivity index (χ1) is 17.9. The Morgan fingerprint density at radius 3 is 2.42 bits per heavy atom. The van der Waals surface area contributed by atoms with Crippen LogP contribution < -0.4 is 14.8 Å². The lowest BCUT2D eigenvalue weighted by Gasteiger charge is -2.16. The summed E-state index contributed by atoms with van der Waals surface area (Å²) in [6, 6.07) is 12.2. The van der Waals surface area contributed by atoms with E-state index < -0.39 is 23.1 Å². The van der Waals surface area contributed by atoms with Gasteiger partial charge in [-0.05, 0) is 50.2 Å². The Bertz CT molecular complexity index is 1410. The van der Waals surface area contributed by atoms with Gasteiger partial charge in [0.1, 0.15) is 29.6 Å².